The quantitative estimate of drug-likeness (QED) is 0.370. The molecule has 0 heterocycles. The summed E-state index contributed by atoms with van der Waals surface area (Å²) in [6.45, 7) is 7.40. The first-order chi connectivity index (χ1) is 6.47. The normalized spacial score (nSPS) is 9.64. The van der Waals surface area contributed by atoms with Crippen LogP contribution in [0.2, 0.25) is 0 Å². The van der Waals surface area contributed by atoms with E-state index >= 15 is 0 Å². The van der Waals surface area contributed by atoms with Crippen molar-refractivity contribution in [3.05, 3.63) is 24.8 Å². The number of esters is 2. The molecule has 78 valence electrons. The molecule has 0 saturated heterocycles. The summed E-state index contributed by atoms with van der Waals surface area (Å²) in [4.78, 5) is 23.7. The highest BCUT2D eigenvalue weighted by molar-refractivity contribution is 5.98. The predicted molar refractivity (Wildman–Crippen MR) is 53.6 cm³/mol. The fourth-order valence-electron chi connectivity index (χ4n) is 0.666. The van der Waals surface area contributed by atoms with Crippen LogP contribution >= 0.6 is 0 Å². The van der Waals surface area contributed by atoms with Crippen LogP contribution < -0.4 is 0 Å². The molecule has 14 heavy (non-hydrogen) atoms. The van der Waals surface area contributed by atoms with E-state index in [0.717, 1.165) is 6.08 Å². The summed E-state index contributed by atoms with van der Waals surface area (Å²) in [6, 6.07) is 0. The molecule has 0 radical (unpaired) electrons. The summed E-state index contributed by atoms with van der Waals surface area (Å²) in [6.07, 6.45) is 1.42. The van der Waals surface area contributed by atoms with Gasteiger partial charge in [-0.3, -0.25) is 0 Å². The average Bonchev–Trinajstić information content (AvgIpc) is 2.13. The van der Waals surface area contributed by atoms with E-state index in [4.69, 9.17) is 0 Å². The first-order valence-corrected chi connectivity index (χ1v) is 4.18. The van der Waals surface area contributed by atoms with E-state index < -0.39 is 11.9 Å². The predicted octanol–water partition coefficient (Wildman–Crippen LogP) is 0.750. The van der Waals surface area contributed by atoms with Crippen LogP contribution in [-0.2, 0) is 14.3 Å². The van der Waals surface area contributed by atoms with Crippen LogP contribution in [0.5, 0.6) is 0 Å². The lowest BCUT2D eigenvalue weighted by molar-refractivity contribution is -0.153. The number of hydrogen-bond donors (Lipinski definition) is 0. The number of nitrogens with zero attached hydrogens (tertiary/aromatic N) is 1. The van der Waals surface area contributed by atoms with Crippen molar-refractivity contribution >= 4 is 11.9 Å². The largest absolute Gasteiger partial charge is 0.386 e. The second-order valence-electron chi connectivity index (χ2n) is 3.07. The van der Waals surface area contributed by atoms with Crippen LogP contribution in [0.3, 0.4) is 0 Å². The molecule has 0 amide bonds. The van der Waals surface area contributed by atoms with Crippen LogP contribution in [0.15, 0.2) is 24.8 Å². The van der Waals surface area contributed by atoms with E-state index in [1.54, 1.807) is 0 Å². The van der Waals surface area contributed by atoms with Crippen LogP contribution in [-0.4, -0.2) is 37.5 Å². The molecule has 0 aliphatic rings. The maximum atomic E-state index is 11.1. The minimum atomic E-state index is -0.749. The molecule has 0 atom stereocenters. The van der Waals surface area contributed by atoms with Crippen molar-refractivity contribution in [2.45, 2.75) is 6.42 Å². The Kier molecular flexibility index (Phi) is 5.48. The summed E-state index contributed by atoms with van der Waals surface area (Å²) < 4.78 is 4.38. The van der Waals surface area contributed by atoms with Gasteiger partial charge in [-0.15, -0.1) is 0 Å². The fourth-order valence-corrected chi connectivity index (χ4v) is 0.666. The number of hydrogen-bond acceptors (Lipinski definition) is 4. The zero-order valence-electron chi connectivity index (χ0n) is 8.58. The van der Waals surface area contributed by atoms with Gasteiger partial charge in [0, 0.05) is 18.2 Å². The maximum absolute atomic E-state index is 11.1. The molecular formula is C10H15NO3. The van der Waals surface area contributed by atoms with Crippen LogP contribution in [0.25, 0.3) is 0 Å². The topological polar surface area (TPSA) is 46.6 Å². The second-order valence-corrected chi connectivity index (χ2v) is 3.07. The van der Waals surface area contributed by atoms with Gasteiger partial charge in [-0.2, -0.15) is 0 Å². The van der Waals surface area contributed by atoms with Gasteiger partial charge in [0.05, 0.1) is 0 Å². The summed E-state index contributed by atoms with van der Waals surface area (Å²) in [5, 5.41) is 0. The van der Waals surface area contributed by atoms with E-state index in [1.165, 1.54) is 0 Å². The molecule has 0 unspecified atom stereocenters. The van der Waals surface area contributed by atoms with Crippen molar-refractivity contribution in [1.82, 2.24) is 4.90 Å². The molecule has 0 rings (SSSR count). The standard InChI is InChI=1S/C10H15NO3/c1-5-9(12)14-10(13)8(2)6-7-11(3)4/h5H,1-2,6-7H2,3-4H3. The summed E-state index contributed by atoms with van der Waals surface area (Å²) in [7, 11) is 3.76. The van der Waals surface area contributed by atoms with Crippen LogP contribution in [0.4, 0.5) is 0 Å². The molecule has 0 aliphatic heterocycles. The molecule has 0 fully saturated rings. The Morgan fingerprint density at radius 2 is 2.00 bits per heavy atom. The smallest absolute Gasteiger partial charge is 0.341 e. The van der Waals surface area contributed by atoms with E-state index in [0.29, 0.717) is 13.0 Å². The highest BCUT2D eigenvalue weighted by Crippen LogP contribution is 2.02. The second kappa shape index (κ2) is 6.10. The van der Waals surface area contributed by atoms with Crippen molar-refractivity contribution in [3.8, 4) is 0 Å². The van der Waals surface area contributed by atoms with Crippen molar-refractivity contribution < 1.29 is 14.3 Å². The fraction of sp³-hybridized carbons (Fsp3) is 0.400. The molecule has 0 aromatic rings. The third-order valence-corrected chi connectivity index (χ3v) is 1.51. The lowest BCUT2D eigenvalue weighted by atomic mass is 10.2. The van der Waals surface area contributed by atoms with Gasteiger partial charge in [0.25, 0.3) is 0 Å². The van der Waals surface area contributed by atoms with Gasteiger partial charge >= 0.3 is 11.9 Å². The monoisotopic (exact) mass is 197 g/mol. The Labute approximate surface area is 83.8 Å². The summed E-state index contributed by atoms with van der Waals surface area (Å²) in [5.74, 6) is -1.43. The zero-order chi connectivity index (χ0) is 11.1. The number of carbonyl (C=O) groups is 2. The Hall–Kier alpha value is -1.42. The minimum Gasteiger partial charge on any atom is -0.386 e. The zero-order valence-corrected chi connectivity index (χ0v) is 8.58. The average molecular weight is 197 g/mol. The van der Waals surface area contributed by atoms with E-state index in [1.807, 2.05) is 19.0 Å². The number of rotatable bonds is 5. The van der Waals surface area contributed by atoms with Crippen molar-refractivity contribution in [3.63, 3.8) is 0 Å². The van der Waals surface area contributed by atoms with Gasteiger partial charge in [0.15, 0.2) is 0 Å². The van der Waals surface area contributed by atoms with Gasteiger partial charge in [-0.05, 0) is 20.5 Å². The van der Waals surface area contributed by atoms with Gasteiger partial charge in [-0.1, -0.05) is 13.2 Å². The first kappa shape index (κ1) is 12.6. The molecule has 4 nitrogen and oxygen atoms in total. The van der Waals surface area contributed by atoms with Gasteiger partial charge in [-0.25, -0.2) is 9.59 Å². The molecule has 0 bridgehead atoms. The van der Waals surface area contributed by atoms with E-state index in [2.05, 4.69) is 17.9 Å². The van der Waals surface area contributed by atoms with E-state index in [-0.39, 0.29) is 5.57 Å². The molecule has 0 spiro atoms. The molecule has 0 N–H and O–H groups in total. The highest BCUT2D eigenvalue weighted by atomic mass is 16.6. The lowest BCUT2D eigenvalue weighted by Crippen LogP contribution is -2.18. The Bertz CT molecular complexity index is 256. The van der Waals surface area contributed by atoms with Crippen LogP contribution in [0.1, 0.15) is 6.42 Å². The highest BCUT2D eigenvalue weighted by Gasteiger charge is 2.11. The van der Waals surface area contributed by atoms with Crippen molar-refractivity contribution in [1.29, 1.82) is 0 Å². The molecule has 0 saturated carbocycles. The third-order valence-electron chi connectivity index (χ3n) is 1.51. The summed E-state index contributed by atoms with van der Waals surface area (Å²) >= 11 is 0. The molecular weight excluding hydrogens is 182 g/mol. The molecule has 0 aromatic carbocycles. The Morgan fingerprint density at radius 1 is 1.43 bits per heavy atom. The molecule has 0 aromatic heterocycles. The molecule has 0 aliphatic carbocycles. The maximum Gasteiger partial charge on any atom is 0.341 e. The third kappa shape index (κ3) is 5.27. The Morgan fingerprint density at radius 3 is 2.43 bits per heavy atom. The van der Waals surface area contributed by atoms with Crippen molar-refractivity contribution in [2.24, 2.45) is 0 Å². The number of ether oxygens (including phenoxy) is 1. The van der Waals surface area contributed by atoms with Gasteiger partial charge in [0.1, 0.15) is 0 Å². The van der Waals surface area contributed by atoms with Gasteiger partial charge < -0.3 is 9.64 Å². The minimum absolute atomic E-state index is 0.286. The van der Waals surface area contributed by atoms with Gasteiger partial charge in [0.2, 0.25) is 0 Å². The summed E-state index contributed by atoms with van der Waals surface area (Å²) in [5.41, 5.74) is 0.286. The van der Waals surface area contributed by atoms with Crippen LogP contribution in [0, 0.1) is 0 Å². The Balaban J connectivity index is 3.94. The SMILES string of the molecule is C=CC(=O)OC(=O)C(=C)CCN(C)C. The lowest BCUT2D eigenvalue weighted by Gasteiger charge is -2.09. The van der Waals surface area contributed by atoms with Crippen molar-refractivity contribution in [2.75, 3.05) is 20.6 Å². The molecule has 4 heteroatoms. The number of carbonyl (C=O) groups excluding carboxylic acids is 2. The first-order valence-electron chi connectivity index (χ1n) is 4.18. The van der Waals surface area contributed by atoms with E-state index in [9.17, 15) is 9.59 Å².